The number of aromatic nitrogens is 4. The van der Waals surface area contributed by atoms with E-state index >= 15 is 0 Å². The quantitative estimate of drug-likeness (QED) is 0.607. The summed E-state index contributed by atoms with van der Waals surface area (Å²) in [5, 5.41) is 10.2. The minimum Gasteiger partial charge on any atom is -0.319 e. The van der Waals surface area contributed by atoms with E-state index in [-0.39, 0.29) is 11.4 Å². The van der Waals surface area contributed by atoms with Gasteiger partial charge in [-0.05, 0) is 6.07 Å². The van der Waals surface area contributed by atoms with E-state index in [1.807, 2.05) is 0 Å². The summed E-state index contributed by atoms with van der Waals surface area (Å²) < 4.78 is 21.8. The molecule has 0 saturated heterocycles. The number of nitrogens with two attached hydrogens (primary N) is 1. The Morgan fingerprint density at radius 2 is 2.06 bits per heavy atom. The van der Waals surface area contributed by atoms with Crippen LogP contribution in [0.4, 0.5) is 0 Å². The van der Waals surface area contributed by atoms with E-state index in [1.165, 1.54) is 18.2 Å². The maximum atomic E-state index is 11.0. The van der Waals surface area contributed by atoms with Crippen LogP contribution in [0.25, 0.3) is 11.5 Å². The van der Waals surface area contributed by atoms with Crippen LogP contribution in [0.1, 0.15) is 0 Å². The number of nitrogens with zero attached hydrogens (tertiary/aromatic N) is 2. The first-order valence-electron chi connectivity index (χ1n) is 4.12. The molecule has 0 aromatic carbocycles. The van der Waals surface area contributed by atoms with E-state index < -0.39 is 15.2 Å². The van der Waals surface area contributed by atoms with Gasteiger partial charge in [-0.1, -0.05) is 6.07 Å². The molecule has 0 radical (unpaired) electrons. The number of hydrogen-bond acceptors (Lipinski definition) is 5. The lowest BCUT2D eigenvalue weighted by atomic mass is 10.3. The van der Waals surface area contributed by atoms with Gasteiger partial charge in [-0.3, -0.25) is 4.79 Å². The Morgan fingerprint density at radius 3 is 2.62 bits per heavy atom. The number of primary sulfonamides is 1. The summed E-state index contributed by atoms with van der Waals surface area (Å²) in [6.07, 6.45) is 0. The third kappa shape index (κ3) is 1.99. The number of H-pyrrole nitrogens is 2. The molecule has 0 unspecified atom stereocenters. The number of sulfonamides is 1. The van der Waals surface area contributed by atoms with Gasteiger partial charge < -0.3 is 4.98 Å². The predicted octanol–water partition coefficient (Wildman–Crippen LogP) is -1.19. The van der Waals surface area contributed by atoms with E-state index in [9.17, 15) is 13.2 Å². The highest BCUT2D eigenvalue weighted by Gasteiger charge is 2.15. The van der Waals surface area contributed by atoms with E-state index in [0.717, 1.165) is 0 Å². The summed E-state index contributed by atoms with van der Waals surface area (Å²) in [6, 6.07) is 4.36. The molecule has 0 bridgehead atoms. The summed E-state index contributed by atoms with van der Waals surface area (Å²) >= 11 is 0. The molecular weight excluding hydrogens is 234 g/mol. The summed E-state index contributed by atoms with van der Waals surface area (Å²) in [4.78, 5) is 17.1. The fraction of sp³-hybridized carbons (Fsp3) is 0. The maximum absolute atomic E-state index is 11.0. The van der Waals surface area contributed by atoms with Crippen molar-refractivity contribution < 1.29 is 8.42 Å². The van der Waals surface area contributed by atoms with Crippen molar-refractivity contribution in [2.24, 2.45) is 5.14 Å². The lowest BCUT2D eigenvalue weighted by molar-refractivity contribution is 0.589. The molecule has 9 heteroatoms. The average molecular weight is 241 g/mol. The average Bonchev–Trinajstić information content (AvgIpc) is 2.65. The molecule has 0 spiro atoms. The molecule has 0 aliphatic heterocycles. The number of rotatable bonds is 2. The molecule has 16 heavy (non-hydrogen) atoms. The van der Waals surface area contributed by atoms with Gasteiger partial charge in [0.1, 0.15) is 0 Å². The zero-order valence-electron chi connectivity index (χ0n) is 7.84. The van der Waals surface area contributed by atoms with Crippen LogP contribution in [0.5, 0.6) is 0 Å². The molecule has 2 aromatic rings. The zero-order chi connectivity index (χ0) is 11.8. The third-order valence-electron chi connectivity index (χ3n) is 1.74. The van der Waals surface area contributed by atoms with Gasteiger partial charge in [-0.25, -0.2) is 18.7 Å². The van der Waals surface area contributed by atoms with Gasteiger partial charge in [0.05, 0.1) is 5.69 Å². The lowest BCUT2D eigenvalue weighted by Gasteiger charge is -1.92. The minimum atomic E-state index is -3.92. The Morgan fingerprint density at radius 1 is 1.31 bits per heavy atom. The van der Waals surface area contributed by atoms with E-state index in [0.29, 0.717) is 5.69 Å². The molecule has 8 nitrogen and oxygen atoms in total. The molecule has 2 aromatic heterocycles. The highest BCUT2D eigenvalue weighted by atomic mass is 32.2. The van der Waals surface area contributed by atoms with Crippen molar-refractivity contribution in [3.63, 3.8) is 0 Å². The highest BCUT2D eigenvalue weighted by molar-refractivity contribution is 7.89. The first-order valence-corrected chi connectivity index (χ1v) is 5.66. The summed E-state index contributed by atoms with van der Waals surface area (Å²) in [5.74, 6) is 0.0572. The Kier molecular flexibility index (Phi) is 2.33. The molecule has 0 fully saturated rings. The van der Waals surface area contributed by atoms with E-state index in [2.05, 4.69) is 20.2 Å². The fourth-order valence-electron chi connectivity index (χ4n) is 1.07. The monoisotopic (exact) mass is 241 g/mol. The molecule has 2 rings (SSSR count). The zero-order valence-corrected chi connectivity index (χ0v) is 8.65. The molecular formula is C7H7N5O3S. The summed E-state index contributed by atoms with van der Waals surface area (Å²) in [7, 11) is -3.92. The van der Waals surface area contributed by atoms with Crippen molar-refractivity contribution in [3.8, 4) is 11.5 Å². The van der Waals surface area contributed by atoms with Crippen LogP contribution in [0, 0.1) is 0 Å². The van der Waals surface area contributed by atoms with Gasteiger partial charge in [0.2, 0.25) is 5.56 Å². The second-order valence-corrected chi connectivity index (χ2v) is 4.41. The van der Waals surface area contributed by atoms with Gasteiger partial charge in [-0.15, -0.1) is 0 Å². The van der Waals surface area contributed by atoms with Crippen molar-refractivity contribution in [2.45, 2.75) is 5.16 Å². The Bertz CT molecular complexity index is 671. The summed E-state index contributed by atoms with van der Waals surface area (Å²) in [5.41, 5.74) is -0.0295. The van der Waals surface area contributed by atoms with Gasteiger partial charge in [0, 0.05) is 6.07 Å². The molecule has 0 aliphatic rings. The van der Waals surface area contributed by atoms with Crippen molar-refractivity contribution in [2.75, 3.05) is 0 Å². The molecule has 2 heterocycles. The molecule has 0 aliphatic carbocycles. The fourth-order valence-corrected chi connectivity index (χ4v) is 1.46. The van der Waals surface area contributed by atoms with Gasteiger partial charge in [-0.2, -0.15) is 10.1 Å². The van der Waals surface area contributed by atoms with Crippen LogP contribution in [0.3, 0.4) is 0 Å². The lowest BCUT2D eigenvalue weighted by Crippen LogP contribution is -2.13. The normalized spacial score (nSPS) is 11.6. The summed E-state index contributed by atoms with van der Waals surface area (Å²) in [6.45, 7) is 0. The largest absolute Gasteiger partial charge is 0.319 e. The molecule has 84 valence electrons. The van der Waals surface area contributed by atoms with Crippen LogP contribution >= 0.6 is 0 Å². The third-order valence-corrected chi connectivity index (χ3v) is 2.47. The predicted molar refractivity (Wildman–Crippen MR) is 53.8 cm³/mol. The first kappa shape index (κ1) is 10.5. The second-order valence-electron chi connectivity index (χ2n) is 2.94. The Balaban J connectivity index is 2.51. The first-order chi connectivity index (χ1) is 7.47. The minimum absolute atomic E-state index is 0.0572. The van der Waals surface area contributed by atoms with Crippen molar-refractivity contribution in [1.82, 2.24) is 20.2 Å². The Hall–Kier alpha value is -2.00. The number of aromatic amines is 2. The van der Waals surface area contributed by atoms with Crippen LogP contribution in [0.2, 0.25) is 0 Å². The van der Waals surface area contributed by atoms with Gasteiger partial charge >= 0.3 is 0 Å². The number of hydrogen-bond donors (Lipinski definition) is 3. The highest BCUT2D eigenvalue weighted by Crippen LogP contribution is 2.10. The molecule has 4 N–H and O–H groups in total. The molecule has 0 saturated carbocycles. The van der Waals surface area contributed by atoms with Crippen LogP contribution in [0.15, 0.2) is 28.2 Å². The topological polar surface area (TPSA) is 135 Å². The van der Waals surface area contributed by atoms with Crippen molar-refractivity contribution >= 4 is 10.0 Å². The second kappa shape index (κ2) is 3.54. The van der Waals surface area contributed by atoms with E-state index in [4.69, 9.17) is 5.14 Å². The van der Waals surface area contributed by atoms with Gasteiger partial charge in [0.25, 0.3) is 15.2 Å². The number of pyridine rings is 1. The van der Waals surface area contributed by atoms with Crippen molar-refractivity contribution in [3.05, 3.63) is 28.6 Å². The molecule has 0 atom stereocenters. The van der Waals surface area contributed by atoms with Crippen LogP contribution < -0.4 is 10.7 Å². The maximum Gasteiger partial charge on any atom is 0.273 e. The van der Waals surface area contributed by atoms with Crippen LogP contribution in [-0.4, -0.2) is 28.6 Å². The number of nitrogens with one attached hydrogen (secondary N) is 2. The molecule has 0 amide bonds. The van der Waals surface area contributed by atoms with Crippen LogP contribution in [-0.2, 0) is 10.0 Å². The van der Waals surface area contributed by atoms with Crippen molar-refractivity contribution in [1.29, 1.82) is 0 Å². The standard InChI is InChI=1S/C7H7N5O3S/c8-16(14,15)7-10-6(11-12-7)4-2-1-3-5(13)9-4/h1-3H,(H,9,13)(H2,8,14,15)(H,10,11,12). The van der Waals surface area contributed by atoms with Gasteiger partial charge in [0.15, 0.2) is 5.82 Å². The smallest absolute Gasteiger partial charge is 0.273 e. The van der Waals surface area contributed by atoms with E-state index in [1.54, 1.807) is 0 Å². The SMILES string of the molecule is NS(=O)(=O)c1nc(-c2cccc(=O)[nH]2)n[nH]1. The Labute approximate surface area is 89.6 Å².